The lowest BCUT2D eigenvalue weighted by molar-refractivity contribution is -0.385. The Morgan fingerprint density at radius 2 is 2.00 bits per heavy atom. The minimum Gasteiger partial charge on any atom is -0.478 e. The maximum atomic E-state index is 10.9. The summed E-state index contributed by atoms with van der Waals surface area (Å²) in [6, 6.07) is 4.33. The zero-order chi connectivity index (χ0) is 14.7. The fourth-order valence-corrected chi connectivity index (χ4v) is 1.50. The highest BCUT2D eigenvalue weighted by Gasteiger charge is 2.10. The quantitative estimate of drug-likeness (QED) is 0.671. The van der Waals surface area contributed by atoms with E-state index in [2.05, 4.69) is 9.97 Å². The first-order chi connectivity index (χ1) is 9.47. The number of nitrogens with zero attached hydrogens (tertiary/aromatic N) is 3. The van der Waals surface area contributed by atoms with E-state index in [1.165, 1.54) is 18.2 Å². The topological polar surface area (TPSA) is 115 Å². The average Bonchev–Trinajstić information content (AvgIpc) is 2.39. The van der Waals surface area contributed by atoms with Crippen molar-refractivity contribution in [2.75, 3.05) is 0 Å². The van der Waals surface area contributed by atoms with E-state index in [9.17, 15) is 14.9 Å². The highest BCUT2D eigenvalue weighted by atomic mass is 16.6. The molecular formula is C12H9N3O5. The molecule has 1 aromatic heterocycles. The SMILES string of the molecule is Cc1cc(Oc2ncc([N+](=O)[O-])cn2)ccc1C(=O)O. The number of nitro groups is 1. The van der Waals surface area contributed by atoms with E-state index in [1.54, 1.807) is 6.92 Å². The van der Waals surface area contributed by atoms with E-state index in [0.29, 0.717) is 11.3 Å². The second-order valence-corrected chi connectivity index (χ2v) is 3.86. The minimum atomic E-state index is -1.03. The number of aromatic nitrogens is 2. The Morgan fingerprint density at radius 1 is 1.35 bits per heavy atom. The van der Waals surface area contributed by atoms with Crippen LogP contribution in [0.5, 0.6) is 11.8 Å². The molecule has 0 spiro atoms. The van der Waals surface area contributed by atoms with Crippen LogP contribution in [-0.4, -0.2) is 26.0 Å². The van der Waals surface area contributed by atoms with Crippen molar-refractivity contribution in [1.82, 2.24) is 9.97 Å². The van der Waals surface area contributed by atoms with Crippen molar-refractivity contribution in [1.29, 1.82) is 0 Å². The summed E-state index contributed by atoms with van der Waals surface area (Å²) in [5.74, 6) is -0.679. The standard InChI is InChI=1S/C12H9N3O5/c1-7-4-9(2-3-10(7)11(16)17)20-12-13-5-8(6-14-12)15(18)19/h2-6H,1H3,(H,16,17). The third kappa shape index (κ3) is 2.86. The van der Waals surface area contributed by atoms with Crippen LogP contribution < -0.4 is 4.74 Å². The summed E-state index contributed by atoms with van der Waals surface area (Å²) in [6.07, 6.45) is 2.06. The van der Waals surface area contributed by atoms with Crippen molar-refractivity contribution < 1.29 is 19.6 Å². The maximum Gasteiger partial charge on any atom is 0.335 e. The molecule has 0 bridgehead atoms. The lowest BCUT2D eigenvalue weighted by Gasteiger charge is -2.06. The van der Waals surface area contributed by atoms with Gasteiger partial charge in [0.15, 0.2) is 0 Å². The van der Waals surface area contributed by atoms with Crippen molar-refractivity contribution in [3.8, 4) is 11.8 Å². The summed E-state index contributed by atoms with van der Waals surface area (Å²) in [6.45, 7) is 1.63. The molecule has 0 radical (unpaired) electrons. The average molecular weight is 275 g/mol. The summed E-state index contributed by atoms with van der Waals surface area (Å²) in [5, 5.41) is 19.3. The summed E-state index contributed by atoms with van der Waals surface area (Å²) in [7, 11) is 0. The first-order valence-corrected chi connectivity index (χ1v) is 5.45. The van der Waals surface area contributed by atoms with Crippen molar-refractivity contribution in [2.24, 2.45) is 0 Å². The zero-order valence-corrected chi connectivity index (χ0v) is 10.3. The number of ether oxygens (including phenoxy) is 1. The molecule has 0 fully saturated rings. The Morgan fingerprint density at radius 3 is 2.50 bits per heavy atom. The molecule has 0 saturated heterocycles. The molecule has 20 heavy (non-hydrogen) atoms. The number of carboxylic acids is 1. The number of hydrogen-bond acceptors (Lipinski definition) is 6. The van der Waals surface area contributed by atoms with Crippen LogP contribution >= 0.6 is 0 Å². The van der Waals surface area contributed by atoms with Gasteiger partial charge in [0.25, 0.3) is 0 Å². The Bertz CT molecular complexity index is 669. The lowest BCUT2D eigenvalue weighted by atomic mass is 10.1. The monoisotopic (exact) mass is 275 g/mol. The van der Waals surface area contributed by atoms with Gasteiger partial charge in [-0.05, 0) is 30.7 Å². The van der Waals surface area contributed by atoms with Crippen LogP contribution in [0, 0.1) is 17.0 Å². The summed E-state index contributed by atoms with van der Waals surface area (Å²) >= 11 is 0. The predicted molar refractivity (Wildman–Crippen MR) is 66.9 cm³/mol. The molecule has 0 amide bonds. The Labute approximate surface area is 112 Å². The Kier molecular flexibility index (Phi) is 3.56. The van der Waals surface area contributed by atoms with E-state index < -0.39 is 10.9 Å². The fourth-order valence-electron chi connectivity index (χ4n) is 1.50. The third-order valence-corrected chi connectivity index (χ3v) is 2.46. The molecule has 2 aromatic rings. The van der Waals surface area contributed by atoms with Crippen LogP contribution in [0.2, 0.25) is 0 Å². The zero-order valence-electron chi connectivity index (χ0n) is 10.3. The molecule has 0 aliphatic heterocycles. The molecule has 8 nitrogen and oxygen atoms in total. The first-order valence-electron chi connectivity index (χ1n) is 5.45. The van der Waals surface area contributed by atoms with E-state index in [-0.39, 0.29) is 17.3 Å². The lowest BCUT2D eigenvalue weighted by Crippen LogP contribution is -2.00. The first kappa shape index (κ1) is 13.4. The molecule has 1 aromatic carbocycles. The van der Waals surface area contributed by atoms with Gasteiger partial charge in [-0.1, -0.05) is 0 Å². The van der Waals surface area contributed by atoms with Gasteiger partial charge in [0, 0.05) is 0 Å². The van der Waals surface area contributed by atoms with Gasteiger partial charge >= 0.3 is 17.7 Å². The van der Waals surface area contributed by atoms with Gasteiger partial charge in [0.05, 0.1) is 10.5 Å². The van der Waals surface area contributed by atoms with Crippen LogP contribution in [0.15, 0.2) is 30.6 Å². The summed E-state index contributed by atoms with van der Waals surface area (Å²) in [5.41, 5.74) is 0.452. The number of benzene rings is 1. The van der Waals surface area contributed by atoms with Crippen molar-refractivity contribution in [3.63, 3.8) is 0 Å². The highest BCUT2D eigenvalue weighted by Crippen LogP contribution is 2.22. The fraction of sp³-hybridized carbons (Fsp3) is 0.0833. The van der Waals surface area contributed by atoms with Crippen molar-refractivity contribution >= 4 is 11.7 Å². The Balaban J connectivity index is 2.19. The number of carboxylic acid groups (broad SMARTS) is 1. The number of aromatic carboxylic acids is 1. The predicted octanol–water partition coefficient (Wildman–Crippen LogP) is 2.18. The highest BCUT2D eigenvalue weighted by molar-refractivity contribution is 5.89. The number of hydrogen-bond donors (Lipinski definition) is 1. The van der Waals surface area contributed by atoms with Crippen LogP contribution in [0.4, 0.5) is 5.69 Å². The number of carbonyl (C=O) groups is 1. The maximum absolute atomic E-state index is 10.9. The van der Waals surface area contributed by atoms with Crippen LogP contribution in [0.3, 0.4) is 0 Å². The minimum absolute atomic E-state index is 0.0573. The van der Waals surface area contributed by atoms with E-state index in [4.69, 9.17) is 9.84 Å². The van der Waals surface area contributed by atoms with Gasteiger partial charge in [-0.2, -0.15) is 9.97 Å². The van der Waals surface area contributed by atoms with Gasteiger partial charge < -0.3 is 9.84 Å². The molecule has 0 unspecified atom stereocenters. The molecular weight excluding hydrogens is 266 g/mol. The van der Waals surface area contributed by atoms with Crippen molar-refractivity contribution in [3.05, 3.63) is 51.8 Å². The molecule has 1 N–H and O–H groups in total. The molecule has 0 aliphatic carbocycles. The van der Waals surface area contributed by atoms with Gasteiger partial charge in [-0.25, -0.2) is 4.79 Å². The van der Waals surface area contributed by atoms with Crippen molar-refractivity contribution in [2.45, 2.75) is 6.92 Å². The summed E-state index contributed by atoms with van der Waals surface area (Å²) < 4.78 is 5.29. The van der Waals surface area contributed by atoms with Crippen LogP contribution in [0.1, 0.15) is 15.9 Å². The molecule has 1 heterocycles. The van der Waals surface area contributed by atoms with Gasteiger partial charge in [-0.15, -0.1) is 0 Å². The molecule has 0 saturated carbocycles. The second-order valence-electron chi connectivity index (χ2n) is 3.86. The molecule has 102 valence electrons. The normalized spacial score (nSPS) is 10.1. The van der Waals surface area contributed by atoms with Gasteiger partial charge in [-0.3, -0.25) is 10.1 Å². The van der Waals surface area contributed by atoms with E-state index >= 15 is 0 Å². The molecule has 8 heteroatoms. The summed E-state index contributed by atoms with van der Waals surface area (Å²) in [4.78, 5) is 28.1. The molecule has 0 aliphatic rings. The van der Waals surface area contributed by atoms with Crippen LogP contribution in [-0.2, 0) is 0 Å². The van der Waals surface area contributed by atoms with E-state index in [0.717, 1.165) is 12.4 Å². The van der Waals surface area contributed by atoms with Crippen LogP contribution in [0.25, 0.3) is 0 Å². The third-order valence-electron chi connectivity index (χ3n) is 2.46. The number of rotatable bonds is 4. The molecule has 2 rings (SSSR count). The largest absolute Gasteiger partial charge is 0.478 e. The van der Waals surface area contributed by atoms with E-state index in [1.807, 2.05) is 0 Å². The smallest absolute Gasteiger partial charge is 0.335 e. The molecule has 0 atom stereocenters. The van der Waals surface area contributed by atoms with Gasteiger partial charge in [0.2, 0.25) is 0 Å². The second kappa shape index (κ2) is 5.31. The Hall–Kier alpha value is -3.03. The van der Waals surface area contributed by atoms with Gasteiger partial charge in [0.1, 0.15) is 18.1 Å². The number of aryl methyl sites for hydroxylation is 1.